The first-order chi connectivity index (χ1) is 13.4. The maximum absolute atomic E-state index is 11.8. The Morgan fingerprint density at radius 1 is 1.00 bits per heavy atom. The van der Waals surface area contributed by atoms with E-state index >= 15 is 0 Å². The van der Waals surface area contributed by atoms with Crippen molar-refractivity contribution >= 4 is 58.5 Å². The zero-order valence-corrected chi connectivity index (χ0v) is 17.1. The number of ether oxygens (including phenoxy) is 1. The van der Waals surface area contributed by atoms with E-state index in [4.69, 9.17) is 55.6 Å². The number of halogens is 4. The highest BCUT2D eigenvalue weighted by Crippen LogP contribution is 2.31. The number of amides is 1. The third-order valence-electron chi connectivity index (χ3n) is 3.45. The molecule has 0 saturated heterocycles. The first kappa shape index (κ1) is 20.6. The van der Waals surface area contributed by atoms with Crippen LogP contribution in [0.5, 0.6) is 5.75 Å². The predicted octanol–water partition coefficient (Wildman–Crippen LogP) is 6.09. The number of nitrogens with zero attached hydrogens (tertiary/aromatic N) is 1. The summed E-state index contributed by atoms with van der Waals surface area (Å²) in [5.74, 6) is 0.834. The number of rotatable bonds is 6. The summed E-state index contributed by atoms with van der Waals surface area (Å²) in [5, 5.41) is 5.66. The summed E-state index contributed by atoms with van der Waals surface area (Å²) < 4.78 is 11.0. The molecule has 1 amide bonds. The molecular weight excluding hydrogens is 446 g/mol. The summed E-state index contributed by atoms with van der Waals surface area (Å²) in [4.78, 5) is 11.8. The molecule has 0 aliphatic heterocycles. The first-order valence-electron chi connectivity index (χ1n) is 7.87. The van der Waals surface area contributed by atoms with Gasteiger partial charge in [-0.1, -0.05) is 46.4 Å². The number of hydrazone groups is 1. The van der Waals surface area contributed by atoms with Gasteiger partial charge in [-0.15, -0.1) is 0 Å². The van der Waals surface area contributed by atoms with Crippen LogP contribution in [0.25, 0.3) is 11.3 Å². The maximum Gasteiger partial charge on any atom is 0.277 e. The first-order valence-corrected chi connectivity index (χ1v) is 9.38. The Morgan fingerprint density at radius 3 is 2.54 bits per heavy atom. The molecule has 0 bridgehead atoms. The molecule has 28 heavy (non-hydrogen) atoms. The van der Waals surface area contributed by atoms with Gasteiger partial charge in [0.25, 0.3) is 5.91 Å². The number of furan rings is 1. The summed E-state index contributed by atoms with van der Waals surface area (Å²) in [6.45, 7) is -0.264. The molecule has 1 N–H and O–H groups in total. The van der Waals surface area contributed by atoms with Crippen molar-refractivity contribution in [1.29, 1.82) is 0 Å². The van der Waals surface area contributed by atoms with Gasteiger partial charge in [0.2, 0.25) is 0 Å². The molecule has 0 unspecified atom stereocenters. The van der Waals surface area contributed by atoms with E-state index in [1.54, 1.807) is 42.5 Å². The van der Waals surface area contributed by atoms with Crippen LogP contribution in [0.15, 0.2) is 58.0 Å². The molecule has 1 aromatic heterocycles. The van der Waals surface area contributed by atoms with Crippen LogP contribution < -0.4 is 10.2 Å². The second-order valence-electron chi connectivity index (χ2n) is 5.48. The van der Waals surface area contributed by atoms with E-state index in [0.717, 1.165) is 0 Å². The highest BCUT2D eigenvalue weighted by atomic mass is 35.5. The van der Waals surface area contributed by atoms with Gasteiger partial charge in [-0.2, -0.15) is 5.10 Å². The van der Waals surface area contributed by atoms with Crippen molar-refractivity contribution < 1.29 is 13.9 Å². The van der Waals surface area contributed by atoms with Gasteiger partial charge in [0.05, 0.1) is 16.3 Å². The standard InChI is InChI=1S/C19H12Cl4N2O3/c20-11-1-4-15(22)14(7-11)17-6-3-13(28-17)9-24-25-19(26)10-27-18-5-2-12(21)8-16(18)23/h1-9H,10H2,(H,25,26). The molecule has 0 aliphatic rings. The molecular formula is C19H12Cl4N2O3. The maximum atomic E-state index is 11.8. The summed E-state index contributed by atoms with van der Waals surface area (Å²) in [6.07, 6.45) is 1.36. The van der Waals surface area contributed by atoms with Crippen LogP contribution in [0.1, 0.15) is 5.76 Å². The molecule has 1 heterocycles. The lowest BCUT2D eigenvalue weighted by Crippen LogP contribution is -2.24. The molecule has 0 fully saturated rings. The largest absolute Gasteiger partial charge is 0.482 e. The van der Waals surface area contributed by atoms with Crippen molar-refractivity contribution in [3.05, 3.63) is 74.4 Å². The Morgan fingerprint density at radius 2 is 1.75 bits per heavy atom. The van der Waals surface area contributed by atoms with Crippen molar-refractivity contribution in [1.82, 2.24) is 5.43 Å². The Labute approximate surface area is 180 Å². The molecule has 0 saturated carbocycles. The smallest absolute Gasteiger partial charge is 0.277 e. The van der Waals surface area contributed by atoms with Gasteiger partial charge >= 0.3 is 0 Å². The fourth-order valence-electron chi connectivity index (χ4n) is 2.19. The summed E-state index contributed by atoms with van der Waals surface area (Å²) in [7, 11) is 0. The normalized spacial score (nSPS) is 11.0. The summed E-state index contributed by atoms with van der Waals surface area (Å²) in [6, 6.07) is 13.2. The molecule has 5 nitrogen and oxygen atoms in total. The summed E-state index contributed by atoms with van der Waals surface area (Å²) >= 11 is 23.9. The van der Waals surface area contributed by atoms with Crippen molar-refractivity contribution in [3.8, 4) is 17.1 Å². The number of benzene rings is 2. The number of carbonyl (C=O) groups is 1. The van der Waals surface area contributed by atoms with E-state index in [2.05, 4.69) is 10.5 Å². The topological polar surface area (TPSA) is 63.8 Å². The lowest BCUT2D eigenvalue weighted by Gasteiger charge is -2.06. The molecule has 0 atom stereocenters. The Hall–Kier alpha value is -2.18. The third-order valence-corrected chi connectivity index (χ3v) is 4.55. The molecule has 144 valence electrons. The Balaban J connectivity index is 1.55. The van der Waals surface area contributed by atoms with Crippen molar-refractivity contribution in [2.45, 2.75) is 0 Å². The fourth-order valence-corrected chi connectivity index (χ4v) is 3.03. The second-order valence-corrected chi connectivity index (χ2v) is 7.17. The van der Waals surface area contributed by atoms with Gasteiger partial charge in [-0.3, -0.25) is 4.79 Å². The van der Waals surface area contributed by atoms with E-state index < -0.39 is 5.91 Å². The van der Waals surface area contributed by atoms with Gasteiger partial charge in [-0.05, 0) is 48.5 Å². The third kappa shape index (κ3) is 5.42. The van der Waals surface area contributed by atoms with Crippen molar-refractivity contribution in [2.75, 3.05) is 6.61 Å². The van der Waals surface area contributed by atoms with Gasteiger partial charge in [0, 0.05) is 15.6 Å². The monoisotopic (exact) mass is 456 g/mol. The van der Waals surface area contributed by atoms with E-state index in [0.29, 0.717) is 42.9 Å². The molecule has 0 radical (unpaired) electrons. The lowest BCUT2D eigenvalue weighted by molar-refractivity contribution is -0.123. The molecule has 0 spiro atoms. The zero-order valence-electron chi connectivity index (χ0n) is 14.1. The average molecular weight is 458 g/mol. The van der Waals surface area contributed by atoms with E-state index in [1.807, 2.05) is 0 Å². The number of carbonyl (C=O) groups excluding carboxylic acids is 1. The quantitative estimate of drug-likeness (QED) is 0.359. The van der Waals surface area contributed by atoms with E-state index in [-0.39, 0.29) is 6.61 Å². The summed E-state index contributed by atoms with van der Waals surface area (Å²) in [5.41, 5.74) is 2.99. The van der Waals surface area contributed by atoms with Crippen LogP contribution in [-0.2, 0) is 4.79 Å². The van der Waals surface area contributed by atoms with Gasteiger partial charge in [0.1, 0.15) is 17.3 Å². The molecule has 0 aliphatic carbocycles. The van der Waals surface area contributed by atoms with Gasteiger partial charge in [0.15, 0.2) is 6.61 Å². The number of nitrogens with one attached hydrogen (secondary N) is 1. The van der Waals surface area contributed by atoms with E-state index in [9.17, 15) is 4.79 Å². The Kier molecular flexibility index (Phi) is 6.86. The average Bonchev–Trinajstić information content (AvgIpc) is 3.11. The van der Waals surface area contributed by atoms with Crippen LogP contribution in [-0.4, -0.2) is 18.7 Å². The van der Waals surface area contributed by atoms with Crippen LogP contribution in [0.2, 0.25) is 20.1 Å². The fraction of sp³-hybridized carbons (Fsp3) is 0.0526. The Bertz CT molecular complexity index is 1030. The number of hydrogen-bond acceptors (Lipinski definition) is 4. The molecule has 2 aromatic carbocycles. The number of hydrogen-bond donors (Lipinski definition) is 1. The highest BCUT2D eigenvalue weighted by molar-refractivity contribution is 6.36. The lowest BCUT2D eigenvalue weighted by atomic mass is 10.2. The van der Waals surface area contributed by atoms with Gasteiger partial charge < -0.3 is 9.15 Å². The minimum absolute atomic E-state index is 0.264. The predicted molar refractivity (Wildman–Crippen MR) is 112 cm³/mol. The van der Waals surface area contributed by atoms with Crippen LogP contribution in [0, 0.1) is 0 Å². The van der Waals surface area contributed by atoms with Crippen molar-refractivity contribution in [3.63, 3.8) is 0 Å². The minimum atomic E-state index is -0.466. The van der Waals surface area contributed by atoms with Gasteiger partial charge in [-0.25, -0.2) is 5.43 Å². The molecule has 9 heteroatoms. The van der Waals surface area contributed by atoms with Crippen LogP contribution in [0.3, 0.4) is 0 Å². The minimum Gasteiger partial charge on any atom is -0.482 e. The zero-order chi connectivity index (χ0) is 20.1. The highest BCUT2D eigenvalue weighted by Gasteiger charge is 2.09. The van der Waals surface area contributed by atoms with Crippen LogP contribution >= 0.6 is 46.4 Å². The van der Waals surface area contributed by atoms with Crippen molar-refractivity contribution in [2.24, 2.45) is 5.10 Å². The second kappa shape index (κ2) is 9.34. The SMILES string of the molecule is O=C(COc1ccc(Cl)cc1Cl)NN=Cc1ccc(-c2cc(Cl)ccc2Cl)o1. The molecule has 3 aromatic rings. The van der Waals surface area contributed by atoms with E-state index in [1.165, 1.54) is 12.3 Å². The molecule has 3 rings (SSSR count). The van der Waals surface area contributed by atoms with Crippen LogP contribution in [0.4, 0.5) is 0 Å².